The number of anilines is 3. The number of rotatable bonds is 4. The summed E-state index contributed by atoms with van der Waals surface area (Å²) in [6.45, 7) is 2.20. The van der Waals surface area contributed by atoms with Crippen molar-refractivity contribution >= 4 is 23.0 Å². The number of carbonyl (C=O) groups is 1. The zero-order chi connectivity index (χ0) is 22.9. The summed E-state index contributed by atoms with van der Waals surface area (Å²) >= 11 is 0. The molecule has 1 N–H and O–H groups in total. The molecule has 0 fully saturated rings. The van der Waals surface area contributed by atoms with Crippen molar-refractivity contribution in [2.75, 3.05) is 16.8 Å². The normalized spacial score (nSPS) is 13.3. The molecule has 1 aliphatic rings. The standard InChI is InChI=1S/C22H17F3N6O/c1-13(32)19-5-3-15(10-27-19)30-21-17-6-7-31(11-20(17)28-12-29-21)16-4-2-14(9-26)18(8-16)22(23,24)25/h2-5,8,10,12H,6-7,11H2,1H3,(H,28,29,30). The van der Waals surface area contributed by atoms with Gasteiger partial charge in [-0.05, 0) is 36.8 Å². The smallest absolute Gasteiger partial charge is 0.365 e. The molecule has 7 nitrogen and oxygen atoms in total. The second kappa shape index (κ2) is 8.26. The van der Waals surface area contributed by atoms with Gasteiger partial charge < -0.3 is 10.2 Å². The number of benzene rings is 1. The van der Waals surface area contributed by atoms with E-state index in [0.717, 1.165) is 11.6 Å². The third-order valence-corrected chi connectivity index (χ3v) is 5.19. The van der Waals surface area contributed by atoms with Gasteiger partial charge in [0, 0.05) is 24.7 Å². The van der Waals surface area contributed by atoms with Gasteiger partial charge in [0.25, 0.3) is 0 Å². The fourth-order valence-electron chi connectivity index (χ4n) is 3.56. The second-order valence-corrected chi connectivity index (χ2v) is 7.27. The molecule has 3 aromatic rings. The van der Waals surface area contributed by atoms with E-state index in [-0.39, 0.29) is 5.78 Å². The number of fused-ring (bicyclic) bond motifs is 1. The van der Waals surface area contributed by atoms with Gasteiger partial charge in [0.15, 0.2) is 5.78 Å². The summed E-state index contributed by atoms with van der Waals surface area (Å²) in [7, 11) is 0. The topological polar surface area (TPSA) is 94.8 Å². The van der Waals surface area contributed by atoms with Gasteiger partial charge in [-0.2, -0.15) is 18.4 Å². The van der Waals surface area contributed by atoms with Crippen LogP contribution in [0.3, 0.4) is 0 Å². The molecule has 32 heavy (non-hydrogen) atoms. The van der Waals surface area contributed by atoms with Gasteiger partial charge in [-0.15, -0.1) is 0 Å². The van der Waals surface area contributed by atoms with Crippen molar-refractivity contribution in [1.29, 1.82) is 5.26 Å². The molecule has 3 heterocycles. The molecule has 1 aromatic carbocycles. The van der Waals surface area contributed by atoms with Crippen molar-refractivity contribution in [2.24, 2.45) is 0 Å². The quantitative estimate of drug-likeness (QED) is 0.608. The lowest BCUT2D eigenvalue weighted by Crippen LogP contribution is -2.32. The Hall–Kier alpha value is -4.00. The number of Topliss-reactive ketones (excluding diaryl/α,β-unsaturated/α-hetero) is 1. The molecule has 0 atom stereocenters. The molecule has 1 aliphatic heterocycles. The summed E-state index contributed by atoms with van der Waals surface area (Å²) in [5.74, 6) is 0.454. The van der Waals surface area contributed by atoms with Gasteiger partial charge in [0.2, 0.25) is 0 Å². The van der Waals surface area contributed by atoms with Gasteiger partial charge in [-0.25, -0.2) is 9.97 Å². The van der Waals surface area contributed by atoms with E-state index in [1.807, 2.05) is 0 Å². The lowest BCUT2D eigenvalue weighted by atomic mass is 10.0. The third kappa shape index (κ3) is 4.23. The van der Waals surface area contributed by atoms with Crippen molar-refractivity contribution in [3.8, 4) is 6.07 Å². The Balaban J connectivity index is 1.58. The molecule has 162 valence electrons. The van der Waals surface area contributed by atoms with Crippen LogP contribution in [-0.2, 0) is 19.1 Å². The van der Waals surface area contributed by atoms with E-state index in [2.05, 4.69) is 20.3 Å². The Morgan fingerprint density at radius 3 is 2.66 bits per heavy atom. The van der Waals surface area contributed by atoms with E-state index >= 15 is 0 Å². The number of nitrogens with one attached hydrogen (secondary N) is 1. The number of carbonyl (C=O) groups excluding carboxylic acids is 1. The van der Waals surface area contributed by atoms with Crippen LogP contribution in [-0.4, -0.2) is 27.3 Å². The number of ketones is 1. The Morgan fingerprint density at radius 2 is 2.00 bits per heavy atom. The van der Waals surface area contributed by atoms with Crippen LogP contribution in [0.15, 0.2) is 42.9 Å². The number of halogens is 3. The number of alkyl halides is 3. The van der Waals surface area contributed by atoms with Crippen LogP contribution in [0.1, 0.15) is 39.8 Å². The Kier molecular flexibility index (Phi) is 5.48. The highest BCUT2D eigenvalue weighted by Crippen LogP contribution is 2.36. The number of nitrogens with zero attached hydrogens (tertiary/aromatic N) is 5. The molecular formula is C22H17F3N6O. The molecule has 2 aromatic heterocycles. The van der Waals surface area contributed by atoms with E-state index in [4.69, 9.17) is 5.26 Å². The van der Waals surface area contributed by atoms with E-state index in [9.17, 15) is 18.0 Å². The van der Waals surface area contributed by atoms with E-state index in [1.165, 1.54) is 31.6 Å². The Morgan fingerprint density at radius 1 is 1.19 bits per heavy atom. The van der Waals surface area contributed by atoms with Gasteiger partial charge in [-0.1, -0.05) is 0 Å². The summed E-state index contributed by atoms with van der Waals surface area (Å²) in [4.78, 5) is 25.9. The molecule has 0 saturated heterocycles. The van der Waals surface area contributed by atoms with Crippen molar-refractivity contribution in [1.82, 2.24) is 15.0 Å². The van der Waals surface area contributed by atoms with Crippen LogP contribution in [0.2, 0.25) is 0 Å². The largest absolute Gasteiger partial charge is 0.417 e. The van der Waals surface area contributed by atoms with Crippen LogP contribution in [0.5, 0.6) is 0 Å². The highest BCUT2D eigenvalue weighted by molar-refractivity contribution is 5.92. The molecular weight excluding hydrogens is 421 g/mol. The summed E-state index contributed by atoms with van der Waals surface area (Å²) < 4.78 is 40.0. The van der Waals surface area contributed by atoms with Crippen molar-refractivity contribution < 1.29 is 18.0 Å². The Bertz CT molecular complexity index is 1220. The molecule has 0 radical (unpaired) electrons. The van der Waals surface area contributed by atoms with Gasteiger partial charge in [0.05, 0.1) is 41.3 Å². The predicted octanol–water partition coefficient (Wildman–Crippen LogP) is 4.27. The average molecular weight is 438 g/mol. The molecule has 0 saturated carbocycles. The zero-order valence-electron chi connectivity index (χ0n) is 16.9. The first-order valence-electron chi connectivity index (χ1n) is 9.69. The van der Waals surface area contributed by atoms with E-state index in [1.54, 1.807) is 23.1 Å². The van der Waals surface area contributed by atoms with Gasteiger partial charge in [0.1, 0.15) is 17.8 Å². The number of hydrogen-bond acceptors (Lipinski definition) is 7. The third-order valence-electron chi connectivity index (χ3n) is 5.19. The van der Waals surface area contributed by atoms with Gasteiger partial charge >= 0.3 is 6.18 Å². The summed E-state index contributed by atoms with van der Waals surface area (Å²) in [5.41, 5.74) is 1.59. The van der Waals surface area contributed by atoms with Crippen LogP contribution in [0.25, 0.3) is 0 Å². The first kappa shape index (κ1) is 21.2. The van der Waals surface area contributed by atoms with Crippen LogP contribution in [0, 0.1) is 11.3 Å². The zero-order valence-corrected chi connectivity index (χ0v) is 16.9. The lowest BCUT2D eigenvalue weighted by Gasteiger charge is -2.31. The SMILES string of the molecule is CC(=O)c1ccc(Nc2ncnc3c2CCN(c2ccc(C#N)c(C(F)(F)F)c2)C3)cn1. The maximum absolute atomic E-state index is 13.3. The van der Waals surface area contributed by atoms with Crippen molar-refractivity contribution in [3.63, 3.8) is 0 Å². The number of nitriles is 1. The van der Waals surface area contributed by atoms with Crippen LogP contribution < -0.4 is 10.2 Å². The van der Waals surface area contributed by atoms with Gasteiger partial charge in [-0.3, -0.25) is 9.78 Å². The molecule has 0 aliphatic carbocycles. The summed E-state index contributed by atoms with van der Waals surface area (Å²) in [5, 5.41) is 12.2. The molecule has 0 spiro atoms. The maximum Gasteiger partial charge on any atom is 0.417 e. The fourth-order valence-corrected chi connectivity index (χ4v) is 3.56. The minimum atomic E-state index is -4.61. The summed E-state index contributed by atoms with van der Waals surface area (Å²) in [6, 6.07) is 8.65. The Labute approximate surface area is 181 Å². The van der Waals surface area contributed by atoms with E-state index in [0.29, 0.717) is 48.1 Å². The van der Waals surface area contributed by atoms with Crippen molar-refractivity contribution in [3.05, 3.63) is 70.9 Å². The first-order valence-corrected chi connectivity index (χ1v) is 9.69. The number of hydrogen-bond donors (Lipinski definition) is 1. The molecule has 0 bridgehead atoms. The van der Waals surface area contributed by atoms with Crippen LogP contribution in [0.4, 0.5) is 30.4 Å². The average Bonchev–Trinajstić information content (AvgIpc) is 2.78. The lowest BCUT2D eigenvalue weighted by molar-refractivity contribution is -0.137. The second-order valence-electron chi connectivity index (χ2n) is 7.27. The highest BCUT2D eigenvalue weighted by atomic mass is 19.4. The maximum atomic E-state index is 13.3. The van der Waals surface area contributed by atoms with Crippen LogP contribution >= 0.6 is 0 Å². The van der Waals surface area contributed by atoms with Crippen molar-refractivity contribution in [2.45, 2.75) is 26.1 Å². The monoisotopic (exact) mass is 438 g/mol. The fraction of sp³-hybridized carbons (Fsp3) is 0.227. The first-order chi connectivity index (χ1) is 15.3. The minimum absolute atomic E-state index is 0.132. The van der Waals surface area contributed by atoms with E-state index < -0.39 is 17.3 Å². The molecule has 0 unspecified atom stereocenters. The number of pyridine rings is 1. The number of aromatic nitrogens is 3. The predicted molar refractivity (Wildman–Crippen MR) is 110 cm³/mol. The highest BCUT2D eigenvalue weighted by Gasteiger charge is 2.34. The molecule has 0 amide bonds. The molecule has 4 rings (SSSR count). The minimum Gasteiger partial charge on any atom is -0.365 e. The summed E-state index contributed by atoms with van der Waals surface area (Å²) in [6.07, 6.45) is -1.17. The molecule has 10 heteroatoms.